The Kier molecular flexibility index (Phi) is 6.93. The maximum atomic E-state index is 8.64. The van der Waals surface area contributed by atoms with Gasteiger partial charge in [-0.2, -0.15) is 0 Å². The summed E-state index contributed by atoms with van der Waals surface area (Å²) in [5, 5.41) is 9.34. The molecule has 0 aliphatic rings. The summed E-state index contributed by atoms with van der Waals surface area (Å²) in [6.07, 6.45) is 1.52. The molecule has 2 nitrogen and oxygen atoms in total. The molecular formula is C10H15Cl2NO. The summed E-state index contributed by atoms with van der Waals surface area (Å²) in [4.78, 5) is 0. The Balaban J connectivity index is 0.00000169. The first-order chi connectivity index (χ1) is 6.24. The molecule has 0 aromatic heterocycles. The molecule has 3 N–H and O–H groups in total. The van der Waals surface area contributed by atoms with Crippen LogP contribution in [0.1, 0.15) is 24.4 Å². The molecule has 1 aromatic carbocycles. The second-order valence-corrected chi connectivity index (χ2v) is 3.46. The smallest absolute Gasteiger partial charge is 0.0431 e. The molecule has 4 heteroatoms. The van der Waals surface area contributed by atoms with Gasteiger partial charge in [0, 0.05) is 17.7 Å². The van der Waals surface area contributed by atoms with E-state index in [1.807, 2.05) is 24.3 Å². The predicted octanol–water partition coefficient (Wildman–Crippen LogP) is 2.53. The van der Waals surface area contributed by atoms with Crippen LogP contribution in [0.3, 0.4) is 0 Å². The predicted molar refractivity (Wildman–Crippen MR) is 61.9 cm³/mol. The standard InChI is InChI=1S/C10H14ClNO.ClH/c11-9-4-1-3-8(7-9)10(12)5-2-6-13;/h1,3-4,7,10,13H,2,5-6,12H2;1H/t10-;/m0./s1. The molecule has 1 aromatic rings. The number of hydrogen-bond donors (Lipinski definition) is 2. The fraction of sp³-hybridized carbons (Fsp3) is 0.400. The van der Waals surface area contributed by atoms with Crippen molar-refractivity contribution >= 4 is 24.0 Å². The summed E-state index contributed by atoms with van der Waals surface area (Å²) in [7, 11) is 0. The van der Waals surface area contributed by atoms with E-state index in [-0.39, 0.29) is 25.1 Å². The molecule has 0 radical (unpaired) electrons. The number of benzene rings is 1. The number of halogens is 2. The molecule has 0 saturated carbocycles. The Bertz CT molecular complexity index is 268. The Labute approximate surface area is 95.5 Å². The van der Waals surface area contributed by atoms with Crippen LogP contribution in [-0.2, 0) is 0 Å². The van der Waals surface area contributed by atoms with Crippen molar-refractivity contribution in [2.24, 2.45) is 5.73 Å². The van der Waals surface area contributed by atoms with E-state index < -0.39 is 0 Å². The summed E-state index contributed by atoms with van der Waals surface area (Å²) < 4.78 is 0. The van der Waals surface area contributed by atoms with Crippen molar-refractivity contribution in [1.82, 2.24) is 0 Å². The molecule has 0 spiro atoms. The van der Waals surface area contributed by atoms with Gasteiger partial charge in [-0.15, -0.1) is 12.4 Å². The van der Waals surface area contributed by atoms with E-state index in [9.17, 15) is 0 Å². The third kappa shape index (κ3) is 4.29. The van der Waals surface area contributed by atoms with E-state index in [1.165, 1.54) is 0 Å². The normalized spacial score (nSPS) is 11.9. The van der Waals surface area contributed by atoms with Gasteiger partial charge in [0.15, 0.2) is 0 Å². The Morgan fingerprint density at radius 3 is 2.71 bits per heavy atom. The minimum atomic E-state index is -0.0224. The molecular weight excluding hydrogens is 221 g/mol. The van der Waals surface area contributed by atoms with Crippen molar-refractivity contribution in [3.8, 4) is 0 Å². The van der Waals surface area contributed by atoms with Gasteiger partial charge in [0.1, 0.15) is 0 Å². The average molecular weight is 236 g/mol. The second kappa shape index (κ2) is 7.07. The van der Waals surface area contributed by atoms with Gasteiger partial charge in [0.05, 0.1) is 0 Å². The highest BCUT2D eigenvalue weighted by Crippen LogP contribution is 2.19. The summed E-state index contributed by atoms with van der Waals surface area (Å²) in [6, 6.07) is 7.50. The summed E-state index contributed by atoms with van der Waals surface area (Å²) >= 11 is 5.82. The molecule has 0 bridgehead atoms. The zero-order chi connectivity index (χ0) is 9.68. The van der Waals surface area contributed by atoms with E-state index in [0.717, 1.165) is 18.4 Å². The van der Waals surface area contributed by atoms with E-state index in [4.69, 9.17) is 22.4 Å². The van der Waals surface area contributed by atoms with Crippen LogP contribution in [0.2, 0.25) is 5.02 Å². The second-order valence-electron chi connectivity index (χ2n) is 3.03. The fourth-order valence-corrected chi connectivity index (χ4v) is 1.41. The molecule has 1 rings (SSSR count). The lowest BCUT2D eigenvalue weighted by Crippen LogP contribution is -2.10. The molecule has 0 aliphatic heterocycles. The van der Waals surface area contributed by atoms with E-state index >= 15 is 0 Å². The number of aliphatic hydroxyl groups excluding tert-OH is 1. The monoisotopic (exact) mass is 235 g/mol. The molecule has 0 unspecified atom stereocenters. The lowest BCUT2D eigenvalue weighted by Gasteiger charge is -2.10. The molecule has 1 atom stereocenters. The van der Waals surface area contributed by atoms with Crippen molar-refractivity contribution in [2.45, 2.75) is 18.9 Å². The molecule has 14 heavy (non-hydrogen) atoms. The highest BCUT2D eigenvalue weighted by molar-refractivity contribution is 6.30. The zero-order valence-electron chi connectivity index (χ0n) is 7.82. The summed E-state index contributed by atoms with van der Waals surface area (Å²) in [5.41, 5.74) is 6.91. The van der Waals surface area contributed by atoms with Crippen molar-refractivity contribution in [3.63, 3.8) is 0 Å². The molecule has 0 amide bonds. The summed E-state index contributed by atoms with van der Waals surface area (Å²) in [6.45, 7) is 0.189. The van der Waals surface area contributed by atoms with Crippen LogP contribution < -0.4 is 5.73 Å². The van der Waals surface area contributed by atoms with Crippen LogP contribution in [0.25, 0.3) is 0 Å². The van der Waals surface area contributed by atoms with Crippen LogP contribution in [0.4, 0.5) is 0 Å². The van der Waals surface area contributed by atoms with Crippen molar-refractivity contribution in [3.05, 3.63) is 34.9 Å². The highest BCUT2D eigenvalue weighted by Gasteiger charge is 2.04. The lowest BCUT2D eigenvalue weighted by atomic mass is 10.0. The minimum Gasteiger partial charge on any atom is -0.396 e. The maximum absolute atomic E-state index is 8.64. The van der Waals surface area contributed by atoms with E-state index in [2.05, 4.69) is 0 Å². The van der Waals surface area contributed by atoms with Gasteiger partial charge in [-0.3, -0.25) is 0 Å². The van der Waals surface area contributed by atoms with Crippen LogP contribution >= 0.6 is 24.0 Å². The van der Waals surface area contributed by atoms with Gasteiger partial charge in [-0.25, -0.2) is 0 Å². The molecule has 0 fully saturated rings. The molecule has 0 aliphatic carbocycles. The fourth-order valence-electron chi connectivity index (χ4n) is 1.22. The van der Waals surface area contributed by atoms with Gasteiger partial charge in [0.25, 0.3) is 0 Å². The number of hydrogen-bond acceptors (Lipinski definition) is 2. The quantitative estimate of drug-likeness (QED) is 0.843. The van der Waals surface area contributed by atoms with Crippen LogP contribution in [-0.4, -0.2) is 11.7 Å². The number of nitrogens with two attached hydrogens (primary N) is 1. The van der Waals surface area contributed by atoms with Crippen LogP contribution in [0.5, 0.6) is 0 Å². The molecule has 0 heterocycles. The number of rotatable bonds is 4. The van der Waals surface area contributed by atoms with Gasteiger partial charge in [0.2, 0.25) is 0 Å². The van der Waals surface area contributed by atoms with Crippen molar-refractivity contribution in [1.29, 1.82) is 0 Å². The van der Waals surface area contributed by atoms with Gasteiger partial charge in [-0.1, -0.05) is 23.7 Å². The summed E-state index contributed by atoms with van der Waals surface area (Å²) in [5.74, 6) is 0. The lowest BCUT2D eigenvalue weighted by molar-refractivity contribution is 0.280. The Hall–Kier alpha value is -0.280. The van der Waals surface area contributed by atoms with Crippen LogP contribution in [0.15, 0.2) is 24.3 Å². The first-order valence-corrected chi connectivity index (χ1v) is 4.73. The number of aliphatic hydroxyl groups is 1. The topological polar surface area (TPSA) is 46.2 Å². The maximum Gasteiger partial charge on any atom is 0.0431 e. The van der Waals surface area contributed by atoms with Crippen molar-refractivity contribution < 1.29 is 5.11 Å². The third-order valence-electron chi connectivity index (χ3n) is 1.95. The van der Waals surface area contributed by atoms with E-state index in [1.54, 1.807) is 0 Å². The first-order valence-electron chi connectivity index (χ1n) is 4.36. The first kappa shape index (κ1) is 13.7. The minimum absolute atomic E-state index is 0. The highest BCUT2D eigenvalue weighted by atomic mass is 35.5. The zero-order valence-corrected chi connectivity index (χ0v) is 9.39. The Morgan fingerprint density at radius 1 is 1.43 bits per heavy atom. The average Bonchev–Trinajstić information content (AvgIpc) is 2.14. The van der Waals surface area contributed by atoms with Gasteiger partial charge >= 0.3 is 0 Å². The van der Waals surface area contributed by atoms with E-state index in [0.29, 0.717) is 5.02 Å². The molecule has 0 saturated heterocycles. The SMILES string of the molecule is Cl.N[C@@H](CCCO)c1cccc(Cl)c1. The van der Waals surface area contributed by atoms with Gasteiger partial charge in [-0.05, 0) is 30.5 Å². The molecule has 80 valence electrons. The van der Waals surface area contributed by atoms with Crippen LogP contribution in [0, 0.1) is 0 Å². The Morgan fingerprint density at radius 2 is 2.14 bits per heavy atom. The largest absolute Gasteiger partial charge is 0.396 e. The van der Waals surface area contributed by atoms with Gasteiger partial charge < -0.3 is 10.8 Å². The third-order valence-corrected chi connectivity index (χ3v) is 2.19. The van der Waals surface area contributed by atoms with Crippen molar-refractivity contribution in [2.75, 3.05) is 6.61 Å².